The molecule has 4 heteroatoms. The smallest absolute Gasteiger partial charge is 0.237 e. The topological polar surface area (TPSA) is 35.6 Å². The van der Waals surface area contributed by atoms with Gasteiger partial charge >= 0.3 is 0 Å². The minimum absolute atomic E-state index is 0.418. The monoisotopic (exact) mass is 305 g/mol. The Bertz CT molecular complexity index is 411. The van der Waals surface area contributed by atoms with E-state index in [9.17, 15) is 4.79 Å². The standard InChI is InChI=1S/C18H31N3O/c22-18(13-20-9-7-15-10-19-11-16(15)12-20)21-8-3-5-14-4-1-2-6-17(14)21/h14-17,19H,1-13H2. The molecule has 0 aromatic carbocycles. The molecule has 4 rings (SSSR count). The van der Waals surface area contributed by atoms with Gasteiger partial charge in [-0.25, -0.2) is 0 Å². The molecule has 1 aliphatic carbocycles. The van der Waals surface area contributed by atoms with E-state index in [2.05, 4.69) is 15.1 Å². The minimum atomic E-state index is 0.418. The van der Waals surface area contributed by atoms with Gasteiger partial charge in [0.05, 0.1) is 6.54 Å². The van der Waals surface area contributed by atoms with Gasteiger partial charge in [0.1, 0.15) is 0 Å². The number of carbonyl (C=O) groups excluding carboxylic acids is 1. The molecule has 1 amide bonds. The summed E-state index contributed by atoms with van der Waals surface area (Å²) < 4.78 is 0. The van der Waals surface area contributed by atoms with E-state index in [0.29, 0.717) is 18.5 Å². The zero-order valence-electron chi connectivity index (χ0n) is 13.8. The molecule has 22 heavy (non-hydrogen) atoms. The second kappa shape index (κ2) is 6.48. The highest BCUT2D eigenvalue weighted by Gasteiger charge is 2.37. The molecule has 3 aliphatic heterocycles. The number of nitrogens with zero attached hydrogens (tertiary/aromatic N) is 2. The Morgan fingerprint density at radius 3 is 2.68 bits per heavy atom. The number of amides is 1. The Hall–Kier alpha value is -0.610. The zero-order chi connectivity index (χ0) is 14.9. The van der Waals surface area contributed by atoms with Crippen LogP contribution in [-0.4, -0.2) is 61.0 Å². The summed E-state index contributed by atoms with van der Waals surface area (Å²) in [5.74, 6) is 2.87. The summed E-state index contributed by atoms with van der Waals surface area (Å²) in [5.41, 5.74) is 0. The maximum Gasteiger partial charge on any atom is 0.237 e. The van der Waals surface area contributed by atoms with Crippen LogP contribution in [0, 0.1) is 17.8 Å². The second-order valence-electron chi connectivity index (χ2n) is 8.04. The molecule has 0 radical (unpaired) electrons. The highest BCUT2D eigenvalue weighted by atomic mass is 16.2. The molecular weight excluding hydrogens is 274 g/mol. The lowest BCUT2D eigenvalue weighted by atomic mass is 9.78. The van der Waals surface area contributed by atoms with Gasteiger partial charge in [-0.1, -0.05) is 12.8 Å². The normalized spacial score (nSPS) is 39.4. The Morgan fingerprint density at radius 2 is 1.73 bits per heavy atom. The molecule has 1 saturated carbocycles. The van der Waals surface area contributed by atoms with Crippen LogP contribution in [0.3, 0.4) is 0 Å². The molecule has 0 aromatic rings. The predicted octanol–water partition coefficient (Wildman–Crippen LogP) is 1.71. The molecule has 4 aliphatic rings. The maximum atomic E-state index is 12.9. The Balaban J connectivity index is 1.35. The highest BCUT2D eigenvalue weighted by molar-refractivity contribution is 5.78. The lowest BCUT2D eigenvalue weighted by Crippen LogP contribution is -2.53. The second-order valence-corrected chi connectivity index (χ2v) is 8.04. The van der Waals surface area contributed by atoms with E-state index >= 15 is 0 Å². The Labute approximate surface area is 134 Å². The average Bonchev–Trinajstić information content (AvgIpc) is 3.02. The van der Waals surface area contributed by atoms with Gasteiger partial charge in [-0.2, -0.15) is 0 Å². The number of hydrogen-bond donors (Lipinski definition) is 1. The van der Waals surface area contributed by atoms with Crippen molar-refractivity contribution in [2.24, 2.45) is 17.8 Å². The van der Waals surface area contributed by atoms with Crippen LogP contribution in [0.1, 0.15) is 44.9 Å². The van der Waals surface area contributed by atoms with Crippen molar-refractivity contribution in [1.82, 2.24) is 15.1 Å². The largest absolute Gasteiger partial charge is 0.338 e. The molecule has 4 atom stereocenters. The third-order valence-corrected chi connectivity index (χ3v) is 6.71. The van der Waals surface area contributed by atoms with E-state index in [0.717, 1.165) is 43.9 Å². The van der Waals surface area contributed by atoms with Crippen molar-refractivity contribution in [3.8, 4) is 0 Å². The summed E-state index contributed by atoms with van der Waals surface area (Å²) in [4.78, 5) is 17.6. The summed E-state index contributed by atoms with van der Waals surface area (Å²) in [6, 6.07) is 0.570. The summed E-state index contributed by atoms with van der Waals surface area (Å²) in [6.45, 7) is 6.29. The number of piperidine rings is 2. The van der Waals surface area contributed by atoms with Crippen LogP contribution in [0.5, 0.6) is 0 Å². The molecule has 0 aromatic heterocycles. The van der Waals surface area contributed by atoms with Gasteiger partial charge < -0.3 is 10.2 Å². The lowest BCUT2D eigenvalue weighted by Gasteiger charge is -2.45. The number of likely N-dealkylation sites (tertiary alicyclic amines) is 2. The van der Waals surface area contributed by atoms with Gasteiger partial charge in [-0.15, -0.1) is 0 Å². The predicted molar refractivity (Wildman–Crippen MR) is 87.6 cm³/mol. The molecule has 0 bridgehead atoms. The van der Waals surface area contributed by atoms with Gasteiger partial charge in [0.2, 0.25) is 5.91 Å². The van der Waals surface area contributed by atoms with E-state index in [-0.39, 0.29) is 0 Å². The van der Waals surface area contributed by atoms with Crippen molar-refractivity contribution in [2.45, 2.75) is 51.0 Å². The number of rotatable bonds is 2. The van der Waals surface area contributed by atoms with Crippen LogP contribution in [0.15, 0.2) is 0 Å². The van der Waals surface area contributed by atoms with Gasteiger partial charge in [-0.05, 0) is 69.5 Å². The third kappa shape index (κ3) is 2.92. The number of carbonyl (C=O) groups is 1. The first-order valence-corrected chi connectivity index (χ1v) is 9.54. The van der Waals surface area contributed by atoms with E-state index in [1.165, 1.54) is 51.5 Å². The molecule has 3 saturated heterocycles. The molecule has 4 unspecified atom stereocenters. The van der Waals surface area contributed by atoms with Gasteiger partial charge in [0, 0.05) is 19.1 Å². The molecular formula is C18H31N3O. The fourth-order valence-electron chi connectivity index (χ4n) is 5.47. The fourth-order valence-corrected chi connectivity index (χ4v) is 5.47. The summed E-state index contributed by atoms with van der Waals surface area (Å²) in [7, 11) is 0. The van der Waals surface area contributed by atoms with Crippen molar-refractivity contribution in [2.75, 3.05) is 39.3 Å². The number of nitrogens with one attached hydrogen (secondary N) is 1. The molecule has 0 spiro atoms. The maximum absolute atomic E-state index is 12.9. The summed E-state index contributed by atoms with van der Waals surface area (Å²) >= 11 is 0. The van der Waals surface area contributed by atoms with Crippen molar-refractivity contribution < 1.29 is 4.79 Å². The first-order valence-electron chi connectivity index (χ1n) is 9.54. The third-order valence-electron chi connectivity index (χ3n) is 6.71. The first-order chi connectivity index (χ1) is 10.8. The number of hydrogen-bond acceptors (Lipinski definition) is 3. The van der Waals surface area contributed by atoms with Crippen LogP contribution in [-0.2, 0) is 4.79 Å². The van der Waals surface area contributed by atoms with Crippen molar-refractivity contribution in [1.29, 1.82) is 0 Å². The van der Waals surface area contributed by atoms with E-state index in [1.807, 2.05) is 0 Å². The molecule has 124 valence electrons. The van der Waals surface area contributed by atoms with E-state index < -0.39 is 0 Å². The zero-order valence-corrected chi connectivity index (χ0v) is 13.8. The van der Waals surface area contributed by atoms with Crippen molar-refractivity contribution in [3.05, 3.63) is 0 Å². The molecule has 4 fully saturated rings. The highest BCUT2D eigenvalue weighted by Crippen LogP contribution is 2.35. The quantitative estimate of drug-likeness (QED) is 0.843. The van der Waals surface area contributed by atoms with Gasteiger partial charge in [0.15, 0.2) is 0 Å². The van der Waals surface area contributed by atoms with Crippen LogP contribution in [0.2, 0.25) is 0 Å². The van der Waals surface area contributed by atoms with Crippen LogP contribution >= 0.6 is 0 Å². The van der Waals surface area contributed by atoms with E-state index in [1.54, 1.807) is 0 Å². The Kier molecular flexibility index (Phi) is 4.40. The molecule has 1 N–H and O–H groups in total. The first kappa shape index (κ1) is 14.9. The van der Waals surface area contributed by atoms with Crippen molar-refractivity contribution >= 4 is 5.91 Å². The van der Waals surface area contributed by atoms with E-state index in [4.69, 9.17) is 0 Å². The molecule has 3 heterocycles. The van der Waals surface area contributed by atoms with Crippen LogP contribution in [0.4, 0.5) is 0 Å². The SMILES string of the molecule is O=C(CN1CCC2CNCC2C1)N1CCCC2CCCCC21. The molecule has 4 nitrogen and oxygen atoms in total. The lowest BCUT2D eigenvalue weighted by molar-refractivity contribution is -0.139. The van der Waals surface area contributed by atoms with Crippen molar-refractivity contribution in [3.63, 3.8) is 0 Å². The average molecular weight is 305 g/mol. The van der Waals surface area contributed by atoms with Gasteiger partial charge in [0.25, 0.3) is 0 Å². The number of fused-ring (bicyclic) bond motifs is 2. The Morgan fingerprint density at radius 1 is 0.909 bits per heavy atom. The van der Waals surface area contributed by atoms with Crippen LogP contribution in [0.25, 0.3) is 0 Å². The summed E-state index contributed by atoms with van der Waals surface area (Å²) in [6.07, 6.45) is 9.17. The van der Waals surface area contributed by atoms with Crippen LogP contribution < -0.4 is 5.32 Å². The summed E-state index contributed by atoms with van der Waals surface area (Å²) in [5, 5.41) is 3.52. The minimum Gasteiger partial charge on any atom is -0.338 e. The van der Waals surface area contributed by atoms with Gasteiger partial charge in [-0.3, -0.25) is 9.69 Å². The fraction of sp³-hybridized carbons (Fsp3) is 0.944.